The number of thiol groups is 1. The number of hydrogen-bond acceptors (Lipinski definition) is 2. The number of halogens is 1. The summed E-state index contributed by atoms with van der Waals surface area (Å²) in [6, 6.07) is 0. The van der Waals surface area contributed by atoms with Crippen LogP contribution in [0.4, 0.5) is 4.39 Å². The molecule has 4 aliphatic rings. The molecule has 0 aliphatic heterocycles. The van der Waals surface area contributed by atoms with E-state index >= 15 is 0 Å². The van der Waals surface area contributed by atoms with Crippen molar-refractivity contribution in [2.45, 2.75) is 62.5 Å². The Morgan fingerprint density at radius 3 is 2.38 bits per heavy atom. The van der Waals surface area contributed by atoms with E-state index in [4.69, 9.17) is 0 Å². The number of hydrogen-bond donors (Lipinski definition) is 2. The van der Waals surface area contributed by atoms with E-state index < -0.39 is 10.6 Å². The van der Waals surface area contributed by atoms with Crippen molar-refractivity contribution in [2.24, 2.45) is 17.3 Å². The molecule has 1 nitrogen and oxygen atoms in total. The van der Waals surface area contributed by atoms with E-state index in [9.17, 15) is 9.50 Å². The van der Waals surface area contributed by atoms with Gasteiger partial charge < -0.3 is 5.11 Å². The van der Waals surface area contributed by atoms with Crippen LogP contribution in [0.2, 0.25) is 0 Å². The highest BCUT2D eigenvalue weighted by Crippen LogP contribution is 2.70. The second-order valence-corrected chi connectivity index (χ2v) is 7.35. The molecule has 16 heavy (non-hydrogen) atoms. The summed E-state index contributed by atoms with van der Waals surface area (Å²) in [6.45, 7) is 1.84. The molecule has 3 unspecified atom stereocenters. The lowest BCUT2D eigenvalue weighted by Gasteiger charge is -2.40. The second-order valence-electron chi connectivity index (χ2n) is 6.54. The molecule has 3 heteroatoms. The number of alkyl halides is 1. The average Bonchev–Trinajstić information content (AvgIpc) is 2.43. The Balaban J connectivity index is 1.89. The van der Waals surface area contributed by atoms with E-state index in [2.05, 4.69) is 12.6 Å². The largest absolute Gasteiger partial charge is 0.389 e. The topological polar surface area (TPSA) is 20.2 Å². The molecule has 4 bridgehead atoms. The summed E-state index contributed by atoms with van der Waals surface area (Å²) in [5.41, 5.74) is -0.705. The summed E-state index contributed by atoms with van der Waals surface area (Å²) in [6.07, 6.45) is 6.04. The van der Waals surface area contributed by atoms with Gasteiger partial charge >= 0.3 is 0 Å². The molecule has 4 aliphatic carbocycles. The van der Waals surface area contributed by atoms with Crippen LogP contribution in [-0.4, -0.2) is 15.7 Å². The Bertz CT molecular complexity index is 301. The summed E-state index contributed by atoms with van der Waals surface area (Å²) < 4.78 is 14.2. The molecule has 0 radical (unpaired) electrons. The first-order valence-corrected chi connectivity index (χ1v) is 6.96. The van der Waals surface area contributed by atoms with Crippen LogP contribution in [0.25, 0.3) is 0 Å². The predicted molar refractivity (Wildman–Crippen MR) is 65.2 cm³/mol. The van der Waals surface area contributed by atoms with Crippen molar-refractivity contribution in [3.8, 4) is 0 Å². The maximum atomic E-state index is 14.2. The lowest BCUT2D eigenvalue weighted by atomic mass is 9.71. The summed E-state index contributed by atoms with van der Waals surface area (Å²) >= 11 is 4.14. The fourth-order valence-electron chi connectivity index (χ4n) is 4.94. The molecule has 1 N–H and O–H groups in total. The van der Waals surface area contributed by atoms with Crippen molar-refractivity contribution in [3.63, 3.8) is 0 Å². The van der Waals surface area contributed by atoms with Crippen molar-refractivity contribution >= 4 is 12.6 Å². The van der Waals surface area contributed by atoms with Gasteiger partial charge in [0.25, 0.3) is 0 Å². The average molecular weight is 244 g/mol. The van der Waals surface area contributed by atoms with Gasteiger partial charge in [0.05, 0.1) is 5.60 Å². The zero-order chi connectivity index (χ0) is 11.6. The van der Waals surface area contributed by atoms with Crippen molar-refractivity contribution in [2.75, 3.05) is 0 Å². The lowest BCUT2D eigenvalue weighted by molar-refractivity contribution is -0.0562. The van der Waals surface area contributed by atoms with Gasteiger partial charge in [0.2, 0.25) is 0 Å². The van der Waals surface area contributed by atoms with Crippen LogP contribution in [0.1, 0.15) is 51.9 Å². The minimum Gasteiger partial charge on any atom is -0.389 e. The molecule has 0 heterocycles. The quantitative estimate of drug-likeness (QED) is 0.730. The molecule has 0 aromatic carbocycles. The van der Waals surface area contributed by atoms with E-state index in [0.29, 0.717) is 24.7 Å². The Labute approximate surface area is 102 Å². The Morgan fingerprint density at radius 1 is 1.31 bits per heavy atom. The summed E-state index contributed by atoms with van der Waals surface area (Å²) in [4.78, 5) is 0. The Kier molecular flexibility index (Phi) is 2.24. The predicted octanol–water partition coefficient (Wildman–Crippen LogP) is 3.32. The van der Waals surface area contributed by atoms with E-state index in [-0.39, 0.29) is 5.41 Å². The molecular weight excluding hydrogens is 223 g/mol. The molecule has 92 valence electrons. The maximum Gasteiger partial charge on any atom is 0.153 e. The molecule has 0 aromatic heterocycles. The van der Waals surface area contributed by atoms with E-state index in [1.165, 1.54) is 6.42 Å². The molecule has 4 fully saturated rings. The number of rotatable bonds is 3. The molecule has 4 rings (SSSR count). The summed E-state index contributed by atoms with van der Waals surface area (Å²) in [5.74, 6) is 1.30. The van der Waals surface area contributed by atoms with Crippen molar-refractivity contribution in [1.29, 1.82) is 0 Å². The zero-order valence-electron chi connectivity index (χ0n) is 9.88. The molecule has 4 saturated carbocycles. The van der Waals surface area contributed by atoms with Crippen LogP contribution in [0, 0.1) is 17.3 Å². The molecule has 0 aromatic rings. The Hall–Kier alpha value is 0.240. The van der Waals surface area contributed by atoms with Crippen LogP contribution >= 0.6 is 12.6 Å². The van der Waals surface area contributed by atoms with Gasteiger partial charge in [-0.1, -0.05) is 6.92 Å². The lowest BCUT2D eigenvalue weighted by Crippen LogP contribution is -2.42. The van der Waals surface area contributed by atoms with Crippen molar-refractivity contribution in [3.05, 3.63) is 0 Å². The highest BCUT2D eigenvalue weighted by atomic mass is 32.1. The van der Waals surface area contributed by atoms with Gasteiger partial charge in [-0.3, -0.25) is 0 Å². The van der Waals surface area contributed by atoms with Crippen LogP contribution in [0.3, 0.4) is 0 Å². The third kappa shape index (κ3) is 1.40. The fourth-order valence-corrected chi connectivity index (χ4v) is 5.24. The molecule has 0 saturated heterocycles. The van der Waals surface area contributed by atoms with Crippen molar-refractivity contribution in [1.82, 2.24) is 0 Å². The van der Waals surface area contributed by atoms with Crippen LogP contribution in [0.15, 0.2) is 0 Å². The fraction of sp³-hybridized carbons (Fsp3) is 1.00. The van der Waals surface area contributed by atoms with E-state index in [0.717, 1.165) is 25.7 Å². The first kappa shape index (κ1) is 11.3. The van der Waals surface area contributed by atoms with Crippen molar-refractivity contribution < 1.29 is 9.50 Å². The van der Waals surface area contributed by atoms with Gasteiger partial charge in [0.15, 0.2) is 5.00 Å². The van der Waals surface area contributed by atoms with E-state index in [1.807, 2.05) is 6.92 Å². The van der Waals surface area contributed by atoms with Gasteiger partial charge in [-0.05, 0) is 56.8 Å². The SMILES string of the molecule is CCC(F)(S)CC12CC3CC(CC1(O)C3)C2. The van der Waals surface area contributed by atoms with Crippen LogP contribution < -0.4 is 0 Å². The first-order chi connectivity index (χ1) is 7.38. The maximum absolute atomic E-state index is 14.2. The van der Waals surface area contributed by atoms with Gasteiger partial charge in [0.1, 0.15) is 0 Å². The second kappa shape index (κ2) is 3.17. The molecule has 0 spiro atoms. The van der Waals surface area contributed by atoms with Gasteiger partial charge in [-0.25, -0.2) is 4.39 Å². The standard InChI is InChI=1S/C13H21FOS/c1-2-13(14,16)8-11-4-9-3-10(5-11)7-12(11,15)6-9/h9-10,15-16H,2-8H2,1H3. The third-order valence-electron chi connectivity index (χ3n) is 5.42. The third-order valence-corrected chi connectivity index (χ3v) is 5.89. The molecule has 3 atom stereocenters. The van der Waals surface area contributed by atoms with Crippen LogP contribution in [0.5, 0.6) is 0 Å². The van der Waals surface area contributed by atoms with Crippen LogP contribution in [-0.2, 0) is 0 Å². The number of aliphatic hydroxyl groups is 1. The summed E-state index contributed by atoms with van der Waals surface area (Å²) in [7, 11) is 0. The Morgan fingerprint density at radius 2 is 1.88 bits per heavy atom. The molecule has 0 amide bonds. The van der Waals surface area contributed by atoms with Gasteiger partial charge in [0, 0.05) is 5.41 Å². The highest BCUT2D eigenvalue weighted by molar-refractivity contribution is 7.81. The minimum absolute atomic E-state index is 0.146. The smallest absolute Gasteiger partial charge is 0.153 e. The highest BCUT2D eigenvalue weighted by Gasteiger charge is 2.67. The van der Waals surface area contributed by atoms with E-state index in [1.54, 1.807) is 0 Å². The minimum atomic E-state index is -1.39. The van der Waals surface area contributed by atoms with Gasteiger partial charge in [-0.2, -0.15) is 0 Å². The zero-order valence-corrected chi connectivity index (χ0v) is 10.8. The normalized spacial score (nSPS) is 53.2. The van der Waals surface area contributed by atoms with Gasteiger partial charge in [-0.15, -0.1) is 12.6 Å². The molecular formula is C13H21FOS. The first-order valence-electron chi connectivity index (χ1n) is 6.52. The monoisotopic (exact) mass is 244 g/mol. The summed E-state index contributed by atoms with van der Waals surface area (Å²) in [5, 5.41) is 9.35.